The van der Waals surface area contributed by atoms with E-state index in [1.165, 1.54) is 0 Å². The average molecular weight is 425 g/mol. The quantitative estimate of drug-likeness (QED) is 0.715. The Hall–Kier alpha value is -1.96. The Bertz CT molecular complexity index is 866. The van der Waals surface area contributed by atoms with E-state index in [1.807, 2.05) is 24.3 Å². The van der Waals surface area contributed by atoms with Crippen LogP contribution in [0.15, 0.2) is 35.2 Å². The van der Waals surface area contributed by atoms with Crippen LogP contribution in [-0.2, 0) is 17.8 Å². The number of thioether (sulfide) groups is 1. The van der Waals surface area contributed by atoms with Crippen LogP contribution in [0.3, 0.4) is 0 Å². The van der Waals surface area contributed by atoms with Gasteiger partial charge in [-0.25, -0.2) is 4.39 Å². The van der Waals surface area contributed by atoms with E-state index in [2.05, 4.69) is 10.6 Å². The number of rotatable bonds is 5. The number of ether oxygens (including phenoxy) is 2. The Kier molecular flexibility index (Phi) is 7.04. The monoisotopic (exact) mass is 424 g/mol. The SMILES string of the molecule is Cl.O=C(CCSc1ccc2c(c1)OCCO2)Nc1ccc2c(c1F)CCNC2. The molecule has 2 aromatic carbocycles. The minimum atomic E-state index is -0.304. The average Bonchev–Trinajstić information content (AvgIpc) is 2.70. The van der Waals surface area contributed by atoms with E-state index >= 15 is 0 Å². The highest BCUT2D eigenvalue weighted by molar-refractivity contribution is 7.99. The molecule has 0 aliphatic carbocycles. The number of fused-ring (bicyclic) bond motifs is 2. The van der Waals surface area contributed by atoms with Gasteiger partial charge in [0.25, 0.3) is 0 Å². The molecule has 0 saturated carbocycles. The third kappa shape index (κ3) is 4.71. The van der Waals surface area contributed by atoms with Crippen molar-refractivity contribution in [2.75, 3.05) is 30.8 Å². The van der Waals surface area contributed by atoms with E-state index in [-0.39, 0.29) is 29.8 Å². The van der Waals surface area contributed by atoms with Gasteiger partial charge in [0.05, 0.1) is 5.69 Å². The lowest BCUT2D eigenvalue weighted by molar-refractivity contribution is -0.115. The van der Waals surface area contributed by atoms with Gasteiger partial charge in [0.15, 0.2) is 11.5 Å². The van der Waals surface area contributed by atoms with Crippen molar-refractivity contribution in [2.45, 2.75) is 24.3 Å². The maximum Gasteiger partial charge on any atom is 0.225 e. The summed E-state index contributed by atoms with van der Waals surface area (Å²) in [7, 11) is 0. The summed E-state index contributed by atoms with van der Waals surface area (Å²) < 4.78 is 25.7. The lowest BCUT2D eigenvalue weighted by Gasteiger charge is -2.19. The zero-order chi connectivity index (χ0) is 18.6. The third-order valence-electron chi connectivity index (χ3n) is 4.59. The molecule has 0 unspecified atom stereocenters. The van der Waals surface area contributed by atoms with Crippen LogP contribution in [-0.4, -0.2) is 31.4 Å². The van der Waals surface area contributed by atoms with Gasteiger partial charge in [0, 0.05) is 23.6 Å². The zero-order valence-electron chi connectivity index (χ0n) is 15.3. The fourth-order valence-corrected chi connectivity index (χ4v) is 4.10. The molecule has 8 heteroatoms. The summed E-state index contributed by atoms with van der Waals surface area (Å²) in [5, 5.41) is 5.92. The molecule has 0 radical (unpaired) electrons. The summed E-state index contributed by atoms with van der Waals surface area (Å²) in [6.45, 7) is 2.54. The Labute approximate surface area is 173 Å². The minimum absolute atomic E-state index is 0. The first-order chi connectivity index (χ1) is 13.2. The van der Waals surface area contributed by atoms with Crippen LogP contribution in [0.25, 0.3) is 0 Å². The molecular weight excluding hydrogens is 403 g/mol. The molecule has 2 N–H and O–H groups in total. The van der Waals surface area contributed by atoms with Gasteiger partial charge in [0.2, 0.25) is 5.91 Å². The standard InChI is InChI=1S/C20H21FN2O3S.ClH/c21-20-15-5-7-22-12-13(15)1-3-16(20)23-19(24)6-10-27-14-2-4-17-18(11-14)26-9-8-25-17;/h1-4,11,22H,5-10,12H2,(H,23,24);1H. The second-order valence-corrected chi connectivity index (χ2v) is 7.61. The number of hydrogen-bond acceptors (Lipinski definition) is 5. The van der Waals surface area contributed by atoms with Gasteiger partial charge < -0.3 is 20.1 Å². The zero-order valence-corrected chi connectivity index (χ0v) is 16.9. The van der Waals surface area contributed by atoms with Crippen molar-refractivity contribution in [3.8, 4) is 11.5 Å². The second-order valence-electron chi connectivity index (χ2n) is 6.44. The normalized spacial score (nSPS) is 14.6. The van der Waals surface area contributed by atoms with E-state index in [0.29, 0.717) is 43.9 Å². The molecule has 0 aromatic heterocycles. The van der Waals surface area contributed by atoms with Crippen molar-refractivity contribution in [3.05, 3.63) is 47.3 Å². The summed E-state index contributed by atoms with van der Waals surface area (Å²) >= 11 is 1.56. The molecule has 1 amide bonds. The first-order valence-electron chi connectivity index (χ1n) is 9.04. The molecule has 4 rings (SSSR count). The molecule has 2 heterocycles. The van der Waals surface area contributed by atoms with Gasteiger partial charge in [-0.2, -0.15) is 0 Å². The molecule has 0 spiro atoms. The van der Waals surface area contributed by atoms with Crippen LogP contribution in [0.5, 0.6) is 11.5 Å². The number of benzene rings is 2. The van der Waals surface area contributed by atoms with E-state index in [4.69, 9.17) is 9.47 Å². The summed E-state index contributed by atoms with van der Waals surface area (Å²) in [6, 6.07) is 9.28. The first-order valence-corrected chi connectivity index (χ1v) is 10.0. The van der Waals surface area contributed by atoms with Crippen LogP contribution < -0.4 is 20.1 Å². The maximum absolute atomic E-state index is 14.6. The topological polar surface area (TPSA) is 59.6 Å². The van der Waals surface area contributed by atoms with Crippen molar-refractivity contribution in [2.24, 2.45) is 0 Å². The maximum atomic E-state index is 14.6. The smallest absolute Gasteiger partial charge is 0.225 e. The molecule has 5 nitrogen and oxygen atoms in total. The van der Waals surface area contributed by atoms with Crippen LogP contribution in [0.4, 0.5) is 10.1 Å². The summed E-state index contributed by atoms with van der Waals surface area (Å²) in [6.07, 6.45) is 0.946. The molecular formula is C20H22ClFN2O3S. The number of carbonyl (C=O) groups excluding carboxylic acids is 1. The lowest BCUT2D eigenvalue weighted by atomic mass is 9.99. The highest BCUT2D eigenvalue weighted by Gasteiger charge is 2.17. The molecule has 0 saturated heterocycles. The van der Waals surface area contributed by atoms with Crippen molar-refractivity contribution in [3.63, 3.8) is 0 Å². The highest BCUT2D eigenvalue weighted by Crippen LogP contribution is 2.34. The minimum Gasteiger partial charge on any atom is -0.486 e. The van der Waals surface area contributed by atoms with Gasteiger partial charge in [-0.1, -0.05) is 6.07 Å². The number of carbonyl (C=O) groups is 1. The predicted molar refractivity (Wildman–Crippen MR) is 110 cm³/mol. The van der Waals surface area contributed by atoms with Gasteiger partial charge >= 0.3 is 0 Å². The van der Waals surface area contributed by atoms with Gasteiger partial charge in [0.1, 0.15) is 19.0 Å². The Morgan fingerprint density at radius 3 is 2.86 bits per heavy atom. The molecule has 0 fully saturated rings. The molecule has 28 heavy (non-hydrogen) atoms. The van der Waals surface area contributed by atoms with E-state index < -0.39 is 0 Å². The second kappa shape index (κ2) is 9.49. The summed E-state index contributed by atoms with van der Waals surface area (Å²) in [4.78, 5) is 13.2. The predicted octanol–water partition coefficient (Wildman–Crippen LogP) is 3.79. The Balaban J connectivity index is 0.00000225. The number of hydrogen-bond donors (Lipinski definition) is 2. The van der Waals surface area contributed by atoms with Gasteiger partial charge in [-0.3, -0.25) is 4.79 Å². The number of anilines is 1. The van der Waals surface area contributed by atoms with Gasteiger partial charge in [-0.05, 0) is 48.4 Å². The van der Waals surface area contributed by atoms with Crippen molar-refractivity contribution in [1.82, 2.24) is 5.32 Å². The number of amides is 1. The summed E-state index contributed by atoms with van der Waals surface area (Å²) in [5.74, 6) is 1.60. The fourth-order valence-electron chi connectivity index (χ4n) is 3.22. The van der Waals surface area contributed by atoms with E-state index in [1.54, 1.807) is 17.8 Å². The fraction of sp³-hybridized carbons (Fsp3) is 0.350. The van der Waals surface area contributed by atoms with Crippen LogP contribution >= 0.6 is 24.2 Å². The lowest BCUT2D eigenvalue weighted by Crippen LogP contribution is -2.25. The third-order valence-corrected chi connectivity index (χ3v) is 5.59. The molecule has 2 aliphatic rings. The molecule has 0 bridgehead atoms. The number of halogens is 2. The van der Waals surface area contributed by atoms with Crippen molar-refractivity contribution < 1.29 is 18.7 Å². The van der Waals surface area contributed by atoms with Crippen LogP contribution in [0.1, 0.15) is 17.5 Å². The molecule has 2 aromatic rings. The van der Waals surface area contributed by atoms with Crippen molar-refractivity contribution >= 4 is 35.8 Å². The van der Waals surface area contributed by atoms with Crippen molar-refractivity contribution in [1.29, 1.82) is 0 Å². The van der Waals surface area contributed by atoms with Gasteiger partial charge in [-0.15, -0.1) is 24.2 Å². The largest absolute Gasteiger partial charge is 0.486 e. The van der Waals surface area contributed by atoms with Crippen LogP contribution in [0.2, 0.25) is 0 Å². The Morgan fingerprint density at radius 2 is 2.00 bits per heavy atom. The van der Waals surface area contributed by atoms with Crippen LogP contribution in [0, 0.1) is 5.82 Å². The molecule has 150 valence electrons. The highest BCUT2D eigenvalue weighted by atomic mass is 35.5. The first kappa shape index (κ1) is 20.8. The summed E-state index contributed by atoms with van der Waals surface area (Å²) in [5.41, 5.74) is 1.94. The number of nitrogens with one attached hydrogen (secondary N) is 2. The van der Waals surface area contributed by atoms with E-state index in [9.17, 15) is 9.18 Å². The molecule has 2 aliphatic heterocycles. The van der Waals surface area contributed by atoms with E-state index in [0.717, 1.165) is 28.5 Å². The Morgan fingerprint density at radius 1 is 1.18 bits per heavy atom. The molecule has 0 atom stereocenters.